The minimum absolute atomic E-state index is 0.0638. The highest BCUT2D eigenvalue weighted by molar-refractivity contribution is 7.98. The molecule has 1 aliphatic rings. The fourth-order valence-corrected chi connectivity index (χ4v) is 5.28. The van der Waals surface area contributed by atoms with Crippen molar-refractivity contribution < 1.29 is 14.7 Å². The van der Waals surface area contributed by atoms with Gasteiger partial charge in [-0.3, -0.25) is 14.5 Å². The van der Waals surface area contributed by atoms with Gasteiger partial charge in [-0.15, -0.1) is 34.4 Å². The first-order valence-corrected chi connectivity index (χ1v) is 11.6. The van der Waals surface area contributed by atoms with Crippen LogP contribution in [-0.4, -0.2) is 33.0 Å². The Morgan fingerprint density at radius 1 is 1.24 bits per heavy atom. The predicted octanol–water partition coefficient (Wildman–Crippen LogP) is 4.72. The average Bonchev–Trinajstić information content (AvgIpc) is 3.41. The number of nitrogens with zero attached hydrogens (tertiary/aromatic N) is 3. The molecular weight excluding hydrogens is 426 g/mol. The summed E-state index contributed by atoms with van der Waals surface area (Å²) >= 11 is 4.15. The fraction of sp³-hybridized carbons (Fsp3) is 0.200. The van der Waals surface area contributed by atoms with Crippen molar-refractivity contribution in [1.82, 2.24) is 9.97 Å². The van der Waals surface area contributed by atoms with Crippen LogP contribution in [0.1, 0.15) is 32.0 Å². The van der Waals surface area contributed by atoms with Crippen LogP contribution >= 0.6 is 34.4 Å². The van der Waals surface area contributed by atoms with Crippen LogP contribution in [0.2, 0.25) is 0 Å². The van der Waals surface area contributed by atoms with Crippen LogP contribution in [0, 0.1) is 13.8 Å². The number of hydrogen-bond donors (Lipinski definition) is 1. The van der Waals surface area contributed by atoms with E-state index in [1.807, 2.05) is 37.4 Å². The minimum atomic E-state index is -0.751. The van der Waals surface area contributed by atoms with E-state index in [4.69, 9.17) is 0 Å². The molecule has 2 aromatic heterocycles. The third-order valence-electron chi connectivity index (χ3n) is 4.62. The van der Waals surface area contributed by atoms with Crippen molar-refractivity contribution in [3.8, 4) is 0 Å². The maximum Gasteiger partial charge on any atom is 0.296 e. The van der Waals surface area contributed by atoms with Crippen molar-refractivity contribution in [3.63, 3.8) is 0 Å². The molecule has 1 amide bonds. The molecule has 0 bridgehead atoms. The van der Waals surface area contributed by atoms with Gasteiger partial charge in [0.15, 0.2) is 10.9 Å². The number of hydrogen-bond acceptors (Lipinski definition) is 8. The molecule has 1 aromatic carbocycles. The van der Waals surface area contributed by atoms with Crippen molar-refractivity contribution in [1.29, 1.82) is 0 Å². The zero-order valence-corrected chi connectivity index (χ0v) is 18.3. The number of carbonyl (C=O) groups is 2. The second-order valence-electron chi connectivity index (χ2n) is 6.40. The van der Waals surface area contributed by atoms with Crippen LogP contribution in [0.3, 0.4) is 0 Å². The Labute approximate surface area is 179 Å². The second kappa shape index (κ2) is 7.74. The molecule has 29 heavy (non-hydrogen) atoms. The molecule has 1 aliphatic heterocycles. The first-order chi connectivity index (χ1) is 13.9. The summed E-state index contributed by atoms with van der Waals surface area (Å²) in [6.45, 7) is 3.58. The average molecular weight is 444 g/mol. The highest BCUT2D eigenvalue weighted by atomic mass is 32.2. The molecule has 0 spiro atoms. The van der Waals surface area contributed by atoms with Crippen LogP contribution < -0.4 is 4.90 Å². The summed E-state index contributed by atoms with van der Waals surface area (Å²) in [7, 11) is 0. The number of ketones is 1. The molecule has 148 valence electrons. The number of thiazole rings is 2. The van der Waals surface area contributed by atoms with Crippen LogP contribution in [0.5, 0.6) is 0 Å². The van der Waals surface area contributed by atoms with Crippen LogP contribution in [0.25, 0.3) is 0 Å². The Morgan fingerprint density at radius 3 is 2.52 bits per heavy atom. The summed E-state index contributed by atoms with van der Waals surface area (Å²) in [6, 6.07) is 6.87. The number of aliphatic hydroxyl groups excluding tert-OH is 1. The molecule has 0 fully saturated rings. The summed E-state index contributed by atoms with van der Waals surface area (Å²) in [5.74, 6) is -1.53. The van der Waals surface area contributed by atoms with Crippen molar-refractivity contribution in [2.24, 2.45) is 0 Å². The van der Waals surface area contributed by atoms with Gasteiger partial charge in [-0.2, -0.15) is 0 Å². The van der Waals surface area contributed by atoms with Gasteiger partial charge in [-0.25, -0.2) is 9.97 Å². The third-order valence-corrected chi connectivity index (χ3v) is 7.21. The number of anilines is 1. The predicted molar refractivity (Wildman–Crippen MR) is 116 cm³/mol. The van der Waals surface area contributed by atoms with Crippen molar-refractivity contribution in [3.05, 3.63) is 68.3 Å². The van der Waals surface area contributed by atoms with E-state index in [0.717, 1.165) is 15.5 Å². The highest BCUT2D eigenvalue weighted by Crippen LogP contribution is 2.43. The number of thioether (sulfide) groups is 1. The summed E-state index contributed by atoms with van der Waals surface area (Å²) < 4.78 is 0. The van der Waals surface area contributed by atoms with Gasteiger partial charge in [0.05, 0.1) is 27.2 Å². The summed E-state index contributed by atoms with van der Waals surface area (Å²) in [5, 5.41) is 13.7. The first-order valence-electron chi connectivity index (χ1n) is 8.71. The van der Waals surface area contributed by atoms with E-state index in [2.05, 4.69) is 9.97 Å². The molecule has 3 aromatic rings. The summed E-state index contributed by atoms with van der Waals surface area (Å²) in [4.78, 5) is 37.8. The molecule has 4 rings (SSSR count). The first kappa shape index (κ1) is 19.8. The zero-order valence-electron chi connectivity index (χ0n) is 15.9. The van der Waals surface area contributed by atoms with E-state index in [-0.39, 0.29) is 11.4 Å². The van der Waals surface area contributed by atoms with Crippen molar-refractivity contribution >= 4 is 51.3 Å². The van der Waals surface area contributed by atoms with E-state index < -0.39 is 17.7 Å². The Bertz CT molecular complexity index is 1120. The molecule has 0 saturated heterocycles. The van der Waals surface area contributed by atoms with Gasteiger partial charge < -0.3 is 5.11 Å². The van der Waals surface area contributed by atoms with Crippen molar-refractivity contribution in [2.45, 2.75) is 24.8 Å². The zero-order chi connectivity index (χ0) is 20.7. The summed E-state index contributed by atoms with van der Waals surface area (Å²) in [6.07, 6.45) is 3.57. The Kier molecular flexibility index (Phi) is 5.28. The third kappa shape index (κ3) is 3.39. The molecule has 1 atom stereocenters. The molecule has 6 nitrogen and oxygen atoms in total. The monoisotopic (exact) mass is 443 g/mol. The lowest BCUT2D eigenvalue weighted by atomic mass is 9.95. The van der Waals surface area contributed by atoms with Crippen LogP contribution in [0.4, 0.5) is 5.13 Å². The molecule has 0 aliphatic carbocycles. The molecule has 1 N–H and O–H groups in total. The number of aliphatic hydroxyl groups is 1. The molecule has 0 radical (unpaired) electrons. The van der Waals surface area contributed by atoms with E-state index in [1.165, 1.54) is 27.6 Å². The number of aromatic nitrogens is 2. The number of amides is 1. The van der Waals surface area contributed by atoms with Crippen molar-refractivity contribution in [2.75, 3.05) is 11.2 Å². The van der Waals surface area contributed by atoms with Crippen LogP contribution in [0.15, 0.2) is 52.1 Å². The van der Waals surface area contributed by atoms with Gasteiger partial charge in [0.1, 0.15) is 0 Å². The summed E-state index contributed by atoms with van der Waals surface area (Å²) in [5.41, 5.74) is 1.39. The van der Waals surface area contributed by atoms with Gasteiger partial charge in [0, 0.05) is 16.5 Å². The Morgan fingerprint density at radius 2 is 1.97 bits per heavy atom. The largest absolute Gasteiger partial charge is 0.503 e. The van der Waals surface area contributed by atoms with Crippen LogP contribution in [-0.2, 0) is 4.79 Å². The Balaban J connectivity index is 1.87. The second-order valence-corrected chi connectivity index (χ2v) is 9.36. The molecule has 0 saturated carbocycles. The topological polar surface area (TPSA) is 83.4 Å². The number of aryl methyl sites for hydroxylation is 2. The minimum Gasteiger partial charge on any atom is -0.503 e. The number of carbonyl (C=O) groups excluding carboxylic acids is 2. The molecular formula is C20H17N3O3S3. The standard InChI is InChI=1S/C20H17N3O3S3/c1-10-18(29-11(2)22-10)16(24)14-15(12-4-6-13(27-3)7-5-12)23(19(26)17(14)25)20-21-8-9-28-20/h4-9,15,25H,1-3H3. The van der Waals surface area contributed by atoms with Gasteiger partial charge in [-0.1, -0.05) is 12.1 Å². The lowest BCUT2D eigenvalue weighted by Crippen LogP contribution is -2.30. The van der Waals surface area contributed by atoms with E-state index in [1.54, 1.807) is 30.3 Å². The van der Waals surface area contributed by atoms with Gasteiger partial charge in [0.2, 0.25) is 5.78 Å². The lowest BCUT2D eigenvalue weighted by Gasteiger charge is -2.24. The SMILES string of the molecule is CSc1ccc(C2C(C(=O)c3sc(C)nc3C)=C(O)C(=O)N2c2nccs2)cc1. The normalized spacial score (nSPS) is 16.7. The fourth-order valence-electron chi connectivity index (χ4n) is 3.34. The quantitative estimate of drug-likeness (QED) is 0.454. The molecule has 1 unspecified atom stereocenters. The number of rotatable bonds is 5. The Hall–Kier alpha value is -2.49. The van der Waals surface area contributed by atoms with Gasteiger partial charge >= 0.3 is 0 Å². The van der Waals surface area contributed by atoms with E-state index in [0.29, 0.717) is 15.7 Å². The molecule has 3 heterocycles. The van der Waals surface area contributed by atoms with Gasteiger partial charge in [-0.05, 0) is 37.8 Å². The smallest absolute Gasteiger partial charge is 0.296 e. The molecule has 9 heteroatoms. The number of benzene rings is 1. The van der Waals surface area contributed by atoms with E-state index in [9.17, 15) is 14.7 Å². The maximum atomic E-state index is 13.4. The van der Waals surface area contributed by atoms with E-state index >= 15 is 0 Å². The number of Topliss-reactive ketones (excluding diaryl/α,β-unsaturated/α-hetero) is 1. The lowest BCUT2D eigenvalue weighted by molar-refractivity contribution is -0.117. The van der Waals surface area contributed by atoms with Gasteiger partial charge in [0.25, 0.3) is 5.91 Å². The maximum absolute atomic E-state index is 13.4. The highest BCUT2D eigenvalue weighted by Gasteiger charge is 2.46.